The Kier molecular flexibility index (Phi) is 5.44. The monoisotopic (exact) mass is 395 g/mol. The largest absolute Gasteiger partial charge is 0.501 e. The summed E-state index contributed by atoms with van der Waals surface area (Å²) < 4.78 is 61.0. The number of amides is 1. The number of sulfone groups is 1. The summed E-state index contributed by atoms with van der Waals surface area (Å²) in [4.78, 5) is 21.8. The maximum atomic E-state index is 12.7. The summed E-state index contributed by atoms with van der Waals surface area (Å²) in [6, 6.07) is 2.10. The van der Waals surface area contributed by atoms with Crippen molar-refractivity contribution in [3.8, 4) is 0 Å². The lowest BCUT2D eigenvalue weighted by atomic mass is 9.94. The molecule has 1 fully saturated rings. The second-order valence-corrected chi connectivity index (χ2v) is 7.92. The van der Waals surface area contributed by atoms with E-state index in [-0.39, 0.29) is 24.6 Å². The Morgan fingerprint density at radius 1 is 1.38 bits per heavy atom. The van der Waals surface area contributed by atoms with E-state index in [1.807, 2.05) is 0 Å². The van der Waals surface area contributed by atoms with Crippen LogP contribution in [0.1, 0.15) is 19.3 Å². The van der Waals surface area contributed by atoms with Crippen LogP contribution >= 0.6 is 0 Å². The maximum absolute atomic E-state index is 12.7. The molecule has 0 aromatic heterocycles. The molecular formula is C14H16F3N3O5S. The molecule has 1 aliphatic rings. The number of rotatable bonds is 5. The Bertz CT molecular complexity index is 826. The van der Waals surface area contributed by atoms with E-state index in [0.29, 0.717) is 31.5 Å². The summed E-state index contributed by atoms with van der Waals surface area (Å²) in [7, 11) is -5.69. The number of anilines is 1. The molecule has 8 nitrogen and oxygen atoms in total. The number of primary amides is 1. The first-order valence-corrected chi connectivity index (χ1v) is 9.05. The van der Waals surface area contributed by atoms with E-state index >= 15 is 0 Å². The molecule has 2 rings (SSSR count). The topological polar surface area (TPSA) is 124 Å². The van der Waals surface area contributed by atoms with Crippen molar-refractivity contribution in [3.63, 3.8) is 0 Å². The van der Waals surface area contributed by atoms with Gasteiger partial charge in [-0.15, -0.1) is 0 Å². The van der Waals surface area contributed by atoms with Crippen LogP contribution in [-0.4, -0.2) is 37.8 Å². The van der Waals surface area contributed by atoms with E-state index in [0.717, 1.165) is 6.07 Å². The van der Waals surface area contributed by atoms with Crippen molar-refractivity contribution < 1.29 is 31.3 Å². The number of hydrogen-bond donors (Lipinski definition) is 1. The Morgan fingerprint density at radius 2 is 2.04 bits per heavy atom. The van der Waals surface area contributed by atoms with Crippen LogP contribution in [0, 0.1) is 16.0 Å². The Hall–Kier alpha value is -2.37. The number of nitro groups is 1. The smallest absolute Gasteiger partial charge is 0.370 e. The Balaban J connectivity index is 2.41. The Morgan fingerprint density at radius 3 is 2.58 bits per heavy atom. The molecule has 1 unspecified atom stereocenters. The summed E-state index contributed by atoms with van der Waals surface area (Å²) >= 11 is 0. The van der Waals surface area contributed by atoms with Gasteiger partial charge in [-0.25, -0.2) is 8.42 Å². The molecule has 12 heteroatoms. The number of alkyl halides is 3. The van der Waals surface area contributed by atoms with E-state index in [2.05, 4.69) is 0 Å². The minimum absolute atomic E-state index is 0.00490. The zero-order valence-corrected chi connectivity index (χ0v) is 14.2. The van der Waals surface area contributed by atoms with Crippen molar-refractivity contribution in [2.45, 2.75) is 29.7 Å². The zero-order valence-electron chi connectivity index (χ0n) is 13.4. The predicted molar refractivity (Wildman–Crippen MR) is 85.1 cm³/mol. The normalized spacial score (nSPS) is 18.6. The molecule has 1 amide bonds. The van der Waals surface area contributed by atoms with Gasteiger partial charge < -0.3 is 10.6 Å². The van der Waals surface area contributed by atoms with Gasteiger partial charge in [0, 0.05) is 25.6 Å². The molecule has 1 aliphatic heterocycles. The minimum Gasteiger partial charge on any atom is -0.370 e. The molecule has 2 N–H and O–H groups in total. The van der Waals surface area contributed by atoms with Crippen molar-refractivity contribution in [2.75, 3.05) is 18.0 Å². The van der Waals surface area contributed by atoms with Gasteiger partial charge in [0.15, 0.2) is 0 Å². The van der Waals surface area contributed by atoms with Crippen molar-refractivity contribution >= 4 is 27.1 Å². The van der Waals surface area contributed by atoms with Gasteiger partial charge in [-0.05, 0) is 30.9 Å². The van der Waals surface area contributed by atoms with Crippen LogP contribution in [0.3, 0.4) is 0 Å². The van der Waals surface area contributed by atoms with Crippen LogP contribution in [0.2, 0.25) is 0 Å². The van der Waals surface area contributed by atoms with E-state index < -0.39 is 36.8 Å². The van der Waals surface area contributed by atoms with E-state index in [1.54, 1.807) is 4.90 Å². The molecule has 0 saturated carbocycles. The maximum Gasteiger partial charge on any atom is 0.501 e. The fourth-order valence-electron chi connectivity index (χ4n) is 2.95. The highest BCUT2D eigenvalue weighted by Gasteiger charge is 2.47. The zero-order chi connectivity index (χ0) is 19.7. The highest BCUT2D eigenvalue weighted by Crippen LogP contribution is 2.37. The lowest BCUT2D eigenvalue weighted by molar-refractivity contribution is -0.384. The molecule has 0 aliphatic carbocycles. The van der Waals surface area contributed by atoms with Gasteiger partial charge >= 0.3 is 5.51 Å². The fraction of sp³-hybridized carbons (Fsp3) is 0.500. The minimum atomic E-state index is -5.69. The van der Waals surface area contributed by atoms with Crippen LogP contribution in [-0.2, 0) is 14.6 Å². The van der Waals surface area contributed by atoms with Crippen LogP contribution in [0.5, 0.6) is 0 Å². The van der Waals surface area contributed by atoms with Gasteiger partial charge in [0.05, 0.1) is 9.82 Å². The molecular weight excluding hydrogens is 379 g/mol. The highest BCUT2D eigenvalue weighted by atomic mass is 32.2. The van der Waals surface area contributed by atoms with Crippen molar-refractivity contribution in [3.05, 3.63) is 28.3 Å². The molecule has 1 aromatic rings. The molecule has 1 atom stereocenters. The second kappa shape index (κ2) is 7.09. The molecule has 0 radical (unpaired) electrons. The first kappa shape index (κ1) is 19.9. The van der Waals surface area contributed by atoms with Crippen LogP contribution in [0.15, 0.2) is 23.1 Å². The number of piperidine rings is 1. The molecule has 0 spiro atoms. The van der Waals surface area contributed by atoms with Gasteiger partial charge in [-0.3, -0.25) is 14.9 Å². The van der Waals surface area contributed by atoms with E-state index in [9.17, 15) is 36.5 Å². The summed E-state index contributed by atoms with van der Waals surface area (Å²) in [5, 5.41) is 11.3. The number of hydrogen-bond acceptors (Lipinski definition) is 6. The van der Waals surface area contributed by atoms with Crippen molar-refractivity contribution in [2.24, 2.45) is 11.7 Å². The molecule has 26 heavy (non-hydrogen) atoms. The summed E-state index contributed by atoms with van der Waals surface area (Å²) in [5.41, 5.74) is -1.14. The average Bonchev–Trinajstić information content (AvgIpc) is 2.52. The van der Waals surface area contributed by atoms with Crippen LogP contribution in [0.4, 0.5) is 24.5 Å². The van der Waals surface area contributed by atoms with Gasteiger partial charge in [-0.1, -0.05) is 0 Å². The average molecular weight is 395 g/mol. The first-order chi connectivity index (χ1) is 11.9. The van der Waals surface area contributed by atoms with Crippen LogP contribution < -0.4 is 10.6 Å². The number of benzene rings is 1. The van der Waals surface area contributed by atoms with Gasteiger partial charge in [0.25, 0.3) is 15.5 Å². The number of nitrogens with zero attached hydrogens (tertiary/aromatic N) is 2. The number of nitro benzene ring substituents is 1. The van der Waals surface area contributed by atoms with Gasteiger partial charge in [-0.2, -0.15) is 13.2 Å². The van der Waals surface area contributed by atoms with Crippen molar-refractivity contribution in [1.29, 1.82) is 0 Å². The fourth-order valence-corrected chi connectivity index (χ4v) is 3.73. The number of halogens is 3. The lowest BCUT2D eigenvalue weighted by Gasteiger charge is -2.33. The third kappa shape index (κ3) is 4.06. The standard InChI is InChI=1S/C14H16F3N3O5S/c15-14(16,17)26(24,25)10-3-4-11(12(7-10)20(22)23)19-5-1-2-9(8-19)6-13(18)21/h3-4,7,9H,1-2,5-6,8H2,(H2,18,21). The highest BCUT2D eigenvalue weighted by molar-refractivity contribution is 7.92. The van der Waals surface area contributed by atoms with Crippen molar-refractivity contribution in [1.82, 2.24) is 0 Å². The first-order valence-electron chi connectivity index (χ1n) is 7.56. The molecule has 1 heterocycles. The number of nitrogens with two attached hydrogens (primary N) is 1. The van der Waals surface area contributed by atoms with E-state index in [1.165, 1.54) is 0 Å². The second-order valence-electron chi connectivity index (χ2n) is 5.98. The summed E-state index contributed by atoms with van der Waals surface area (Å²) in [6.07, 6.45) is 1.39. The Labute approximate surface area is 146 Å². The molecule has 1 aromatic carbocycles. The summed E-state index contributed by atoms with van der Waals surface area (Å²) in [6.45, 7) is 0.649. The third-order valence-corrected chi connectivity index (χ3v) is 5.59. The molecule has 1 saturated heterocycles. The van der Waals surface area contributed by atoms with Gasteiger partial charge in [0.1, 0.15) is 5.69 Å². The van der Waals surface area contributed by atoms with Crippen LogP contribution in [0.25, 0.3) is 0 Å². The third-order valence-electron chi connectivity index (χ3n) is 4.11. The SMILES string of the molecule is NC(=O)CC1CCCN(c2ccc(S(=O)(=O)C(F)(F)F)cc2[N+](=O)[O-])C1. The number of carbonyl (C=O) groups excluding carboxylic acids is 1. The quantitative estimate of drug-likeness (QED) is 0.601. The summed E-state index contributed by atoms with van der Waals surface area (Å²) in [5.74, 6) is -0.655. The molecule has 144 valence electrons. The van der Waals surface area contributed by atoms with E-state index in [4.69, 9.17) is 5.73 Å². The molecule has 0 bridgehead atoms. The van der Waals surface area contributed by atoms with Gasteiger partial charge in [0.2, 0.25) is 5.91 Å². The number of carbonyl (C=O) groups is 1. The predicted octanol–water partition coefficient (Wildman–Crippen LogP) is 1.98. The lowest BCUT2D eigenvalue weighted by Crippen LogP contribution is -2.37.